The Hall–Kier alpha value is -2.41. The molecule has 2 aromatic rings. The molecule has 0 spiro atoms. The highest BCUT2D eigenvalue weighted by molar-refractivity contribution is 7.66. The third-order valence-corrected chi connectivity index (χ3v) is 9.24. The summed E-state index contributed by atoms with van der Waals surface area (Å²) < 4.78 is 57.6. The zero-order valence-corrected chi connectivity index (χ0v) is 23.4. The summed E-state index contributed by atoms with van der Waals surface area (Å²) in [5, 5.41) is 21.5. The second kappa shape index (κ2) is 12.8. The number of nitrogens with one attached hydrogen (secondary N) is 1. The smallest absolute Gasteiger partial charge is 0.390 e. The molecule has 1 aliphatic heterocycles. The zero-order chi connectivity index (χ0) is 30.8. The number of rotatable bonds is 13. The van der Waals surface area contributed by atoms with Crippen LogP contribution in [0.25, 0.3) is 0 Å². The fourth-order valence-corrected chi connectivity index (χ4v) is 6.68. The van der Waals surface area contributed by atoms with E-state index in [1.165, 1.54) is 25.1 Å². The van der Waals surface area contributed by atoms with E-state index < -0.39 is 77.4 Å². The summed E-state index contributed by atoms with van der Waals surface area (Å²) in [6.07, 6.45) is -4.19. The van der Waals surface area contributed by atoms with Crippen LogP contribution in [0.3, 0.4) is 0 Å². The molecule has 1 aliphatic rings. The second-order valence-corrected chi connectivity index (χ2v) is 12.8. The fraction of sp³-hybridized carbons (Fsp3) is 0.444. The average Bonchev–Trinajstić information content (AvgIpc) is 3.19. The number of aromatic nitrogens is 2. The SMILES string of the molecule is CC(OCc1cn([C@H]2CC(O)[C@@H](COP(=O)(O)OP(=O)(O)OP(=O)(O)O)O2)c(=O)[nH]c1=O)c1ccccc1[N+](=O)[O-]. The lowest BCUT2D eigenvalue weighted by Crippen LogP contribution is -2.34. The third kappa shape index (κ3) is 9.29. The van der Waals surface area contributed by atoms with E-state index in [4.69, 9.17) is 19.3 Å². The lowest BCUT2D eigenvalue weighted by Gasteiger charge is -2.19. The number of nitrogens with zero attached hydrogens (tertiary/aromatic N) is 2. The molecule has 6 N–H and O–H groups in total. The van der Waals surface area contributed by atoms with Gasteiger partial charge >= 0.3 is 29.2 Å². The molecule has 1 saturated heterocycles. The Morgan fingerprint density at radius 2 is 1.80 bits per heavy atom. The molecule has 1 aromatic heterocycles. The molecule has 41 heavy (non-hydrogen) atoms. The first-order valence-corrected chi connectivity index (χ1v) is 15.7. The summed E-state index contributed by atoms with van der Waals surface area (Å²) in [7, 11) is -16.8. The van der Waals surface area contributed by atoms with Crippen molar-refractivity contribution in [1.29, 1.82) is 0 Å². The van der Waals surface area contributed by atoms with Gasteiger partial charge < -0.3 is 34.2 Å². The van der Waals surface area contributed by atoms with Gasteiger partial charge in [0.25, 0.3) is 11.2 Å². The van der Waals surface area contributed by atoms with Gasteiger partial charge in [-0.3, -0.25) is 29.0 Å². The Morgan fingerprint density at radius 1 is 1.15 bits per heavy atom. The van der Waals surface area contributed by atoms with Crippen molar-refractivity contribution >= 4 is 29.2 Å². The molecular weight excluding hydrogens is 623 g/mol. The monoisotopic (exact) mass is 647 g/mol. The number of nitro groups is 1. The first-order chi connectivity index (χ1) is 18.9. The van der Waals surface area contributed by atoms with E-state index in [1.54, 1.807) is 6.07 Å². The average molecular weight is 647 g/mol. The predicted molar refractivity (Wildman–Crippen MR) is 132 cm³/mol. The molecule has 4 unspecified atom stereocenters. The molecule has 0 radical (unpaired) electrons. The van der Waals surface area contributed by atoms with Crippen LogP contribution in [0.1, 0.15) is 36.8 Å². The van der Waals surface area contributed by atoms with E-state index in [9.17, 15) is 48.3 Å². The van der Waals surface area contributed by atoms with Crippen molar-refractivity contribution in [2.24, 2.45) is 0 Å². The molecular formula is C18H24N3O17P3. The fourth-order valence-electron chi connectivity index (χ4n) is 3.65. The van der Waals surface area contributed by atoms with Gasteiger partial charge in [-0.1, -0.05) is 12.1 Å². The number of benzene rings is 1. The molecule has 6 atom stereocenters. The Morgan fingerprint density at radius 3 is 2.44 bits per heavy atom. The minimum atomic E-state index is -5.76. The summed E-state index contributed by atoms with van der Waals surface area (Å²) in [4.78, 5) is 73.4. The summed E-state index contributed by atoms with van der Waals surface area (Å²) >= 11 is 0. The molecule has 23 heteroatoms. The lowest BCUT2D eigenvalue weighted by atomic mass is 10.1. The molecule has 1 fully saturated rings. The molecule has 1 aromatic carbocycles. The van der Waals surface area contributed by atoms with Crippen LogP contribution < -0.4 is 11.2 Å². The number of phosphoric ester groups is 1. The Kier molecular flexibility index (Phi) is 10.4. The van der Waals surface area contributed by atoms with Crippen molar-refractivity contribution < 1.29 is 65.9 Å². The Balaban J connectivity index is 1.68. The standard InChI is InChI=1S/C18H24N3O17P3/c1-10(12-4-2-3-5-13(12)21(25)26)34-8-11-7-20(18(24)19-17(11)23)16-6-14(22)15(36-16)9-35-40(30,31)38-41(32,33)37-39(27,28)29/h2-5,7,10,14-16,22H,6,8-9H2,1H3,(H,30,31)(H,32,33)(H,19,23,24)(H2,27,28,29)/t10?,14?,15-,16-/m1/s1. The van der Waals surface area contributed by atoms with E-state index in [2.05, 4.69) is 13.1 Å². The molecule has 3 rings (SSSR count). The van der Waals surface area contributed by atoms with Crippen LogP contribution in [-0.4, -0.2) is 58.0 Å². The van der Waals surface area contributed by atoms with Crippen molar-refractivity contribution in [2.45, 2.75) is 44.5 Å². The van der Waals surface area contributed by atoms with Crippen molar-refractivity contribution in [3.8, 4) is 0 Å². The van der Waals surface area contributed by atoms with Gasteiger partial charge in [0.05, 0.1) is 41.5 Å². The van der Waals surface area contributed by atoms with Gasteiger partial charge in [0.15, 0.2) is 0 Å². The number of hydrogen-bond donors (Lipinski definition) is 6. The molecule has 20 nitrogen and oxygen atoms in total. The van der Waals surface area contributed by atoms with Crippen molar-refractivity contribution in [1.82, 2.24) is 9.55 Å². The molecule has 0 aliphatic carbocycles. The molecule has 228 valence electrons. The normalized spacial score (nSPS) is 23.0. The highest BCUT2D eigenvalue weighted by atomic mass is 31.3. The van der Waals surface area contributed by atoms with Gasteiger partial charge in [-0.25, -0.2) is 18.5 Å². The second-order valence-electron chi connectivity index (χ2n) is 8.41. The molecule has 0 amide bonds. The van der Waals surface area contributed by atoms with E-state index in [-0.39, 0.29) is 23.2 Å². The molecule has 0 saturated carbocycles. The van der Waals surface area contributed by atoms with Crippen molar-refractivity contribution in [3.05, 3.63) is 72.5 Å². The maximum Gasteiger partial charge on any atom is 0.490 e. The Labute approximate surface area is 228 Å². The summed E-state index contributed by atoms with van der Waals surface area (Å²) in [6.45, 7) is 0.154. The van der Waals surface area contributed by atoms with Crippen molar-refractivity contribution in [3.63, 3.8) is 0 Å². The van der Waals surface area contributed by atoms with Crippen LogP contribution in [-0.2, 0) is 42.9 Å². The minimum absolute atomic E-state index is 0.0927. The maximum atomic E-state index is 12.4. The number of phosphoric acid groups is 3. The highest BCUT2D eigenvalue weighted by Gasteiger charge is 2.43. The first-order valence-electron chi connectivity index (χ1n) is 11.2. The quantitative estimate of drug-likeness (QED) is 0.0991. The van der Waals surface area contributed by atoms with Gasteiger partial charge in [-0.15, -0.1) is 0 Å². The van der Waals surface area contributed by atoms with Crippen LogP contribution in [0.5, 0.6) is 0 Å². The van der Waals surface area contributed by atoms with E-state index in [0.29, 0.717) is 0 Å². The summed E-state index contributed by atoms with van der Waals surface area (Å²) in [6, 6.07) is 5.80. The minimum Gasteiger partial charge on any atom is -0.390 e. The number of aromatic amines is 1. The van der Waals surface area contributed by atoms with E-state index in [1.807, 2.05) is 4.98 Å². The van der Waals surface area contributed by atoms with Gasteiger partial charge in [0.2, 0.25) is 0 Å². The number of hydrogen-bond acceptors (Lipinski definition) is 13. The summed E-state index contributed by atoms with van der Waals surface area (Å²) in [5.74, 6) is 0. The Bertz CT molecular complexity index is 1540. The number of para-hydroxylation sites is 1. The van der Waals surface area contributed by atoms with E-state index in [0.717, 1.165) is 10.8 Å². The predicted octanol–water partition coefficient (Wildman–Crippen LogP) is 0.714. The van der Waals surface area contributed by atoms with Crippen molar-refractivity contribution in [2.75, 3.05) is 6.61 Å². The van der Waals surface area contributed by atoms with E-state index >= 15 is 0 Å². The highest BCUT2D eigenvalue weighted by Crippen LogP contribution is 2.66. The zero-order valence-electron chi connectivity index (χ0n) is 20.7. The third-order valence-electron chi connectivity index (χ3n) is 5.43. The van der Waals surface area contributed by atoms with Crippen LogP contribution in [0.15, 0.2) is 40.1 Å². The van der Waals surface area contributed by atoms with Gasteiger partial charge in [0, 0.05) is 18.7 Å². The van der Waals surface area contributed by atoms with Gasteiger partial charge in [0.1, 0.15) is 12.3 Å². The van der Waals surface area contributed by atoms with Crippen LogP contribution >= 0.6 is 23.5 Å². The number of aliphatic hydroxyl groups is 1. The van der Waals surface area contributed by atoms with Gasteiger partial charge in [-0.05, 0) is 13.0 Å². The molecule has 0 bridgehead atoms. The van der Waals surface area contributed by atoms with Crippen LogP contribution in [0.2, 0.25) is 0 Å². The number of H-pyrrole nitrogens is 1. The largest absolute Gasteiger partial charge is 0.490 e. The van der Waals surface area contributed by atoms with Gasteiger partial charge in [-0.2, -0.15) is 8.62 Å². The number of aliphatic hydroxyl groups excluding tert-OH is 1. The first kappa shape index (κ1) is 33.1. The topological polar surface area (TPSA) is 297 Å². The van der Waals surface area contributed by atoms with Crippen LogP contribution in [0, 0.1) is 10.1 Å². The van der Waals surface area contributed by atoms with Crippen LogP contribution in [0.4, 0.5) is 5.69 Å². The lowest BCUT2D eigenvalue weighted by molar-refractivity contribution is -0.386. The maximum absolute atomic E-state index is 12.4. The number of ether oxygens (including phenoxy) is 2. The number of nitro benzene ring substituents is 1. The molecule has 2 heterocycles. The summed E-state index contributed by atoms with van der Waals surface area (Å²) in [5.41, 5.74) is -1.84.